The number of benzene rings is 3. The molecule has 0 saturated carbocycles. The minimum absolute atomic E-state index is 0.180. The highest BCUT2D eigenvalue weighted by Crippen LogP contribution is 2.37. The summed E-state index contributed by atoms with van der Waals surface area (Å²) in [6.45, 7) is 0. The minimum atomic E-state index is -0.397. The Balaban J connectivity index is 2.20. The van der Waals surface area contributed by atoms with Gasteiger partial charge in [-0.2, -0.15) is 0 Å². The van der Waals surface area contributed by atoms with E-state index >= 15 is 0 Å². The van der Waals surface area contributed by atoms with Gasteiger partial charge in [0, 0.05) is 15.2 Å². The van der Waals surface area contributed by atoms with E-state index in [2.05, 4.69) is 15.9 Å². The summed E-state index contributed by atoms with van der Waals surface area (Å²) in [5.74, 6) is 0. The first-order valence-electron chi connectivity index (χ1n) is 8.58. The van der Waals surface area contributed by atoms with Gasteiger partial charge in [0.05, 0.1) is 6.85 Å². The molecule has 0 bridgehead atoms. The molecule has 0 saturated heterocycles. The first-order chi connectivity index (χ1) is 11.9. The van der Waals surface area contributed by atoms with Crippen LogP contribution in [0.1, 0.15) is 6.85 Å². The molecule has 2 heteroatoms. The van der Waals surface area contributed by atoms with E-state index in [0.29, 0.717) is 16.7 Å². The van der Waals surface area contributed by atoms with Gasteiger partial charge in [0.15, 0.2) is 0 Å². The van der Waals surface area contributed by atoms with Gasteiger partial charge in [-0.15, -0.1) is 0 Å². The molecule has 0 aliphatic carbocycles. The van der Waals surface area contributed by atoms with Crippen LogP contribution in [0.25, 0.3) is 33.1 Å². The lowest BCUT2D eigenvalue weighted by Gasteiger charge is -2.03. The molecule has 3 aromatic carbocycles. The molecule has 0 radical (unpaired) electrons. The van der Waals surface area contributed by atoms with Crippen LogP contribution >= 0.6 is 15.9 Å². The summed E-state index contributed by atoms with van der Waals surface area (Å²) < 4.78 is 46.8. The Morgan fingerprint density at radius 1 is 0.950 bits per heavy atom. The second kappa shape index (κ2) is 4.50. The molecule has 0 fully saturated rings. The predicted octanol–water partition coefficient (Wildman–Crippen LogP) is 6.02. The van der Waals surface area contributed by atoms with Gasteiger partial charge in [-0.3, -0.25) is 0 Å². The molecule has 1 aromatic heterocycles. The Kier molecular flexibility index (Phi) is 1.72. The van der Waals surface area contributed by atoms with Crippen LogP contribution in [0.15, 0.2) is 75.5 Å². The molecule has 0 spiro atoms. The molecule has 1 heterocycles. The topological polar surface area (TPSA) is 13.1 Å². The fourth-order valence-corrected chi connectivity index (χ4v) is 2.75. The summed E-state index contributed by atoms with van der Waals surface area (Å²) in [7, 11) is 0. The molecule has 0 N–H and O–H groups in total. The van der Waals surface area contributed by atoms with Crippen LogP contribution in [0.2, 0.25) is 0 Å². The van der Waals surface area contributed by atoms with Gasteiger partial charge >= 0.3 is 0 Å². The van der Waals surface area contributed by atoms with Crippen LogP contribution in [0.3, 0.4) is 0 Å². The number of hydrogen-bond acceptors (Lipinski definition) is 1. The van der Waals surface area contributed by atoms with Gasteiger partial charge in [0.2, 0.25) is 0 Å². The molecule has 96 valence electrons. The van der Waals surface area contributed by atoms with Crippen LogP contribution in [0, 0.1) is 0 Å². The van der Waals surface area contributed by atoms with E-state index in [-0.39, 0.29) is 29.7 Å². The monoisotopic (exact) mass is 327 g/mol. The van der Waals surface area contributed by atoms with Crippen LogP contribution < -0.4 is 0 Å². The molecule has 0 unspecified atom stereocenters. The molecule has 0 atom stereocenters. The van der Waals surface area contributed by atoms with Gasteiger partial charge in [-0.1, -0.05) is 58.3 Å². The highest BCUT2D eigenvalue weighted by molar-refractivity contribution is 9.10. The fourth-order valence-electron chi connectivity index (χ4n) is 2.39. The van der Waals surface area contributed by atoms with E-state index < -0.39 is 6.04 Å². The van der Waals surface area contributed by atoms with E-state index in [0.717, 1.165) is 15.2 Å². The van der Waals surface area contributed by atoms with Crippen molar-refractivity contribution >= 4 is 37.9 Å². The number of furan rings is 1. The first kappa shape index (κ1) is 7.65. The van der Waals surface area contributed by atoms with Crippen molar-refractivity contribution in [3.8, 4) is 11.1 Å². The van der Waals surface area contributed by atoms with Gasteiger partial charge in [0.1, 0.15) is 11.2 Å². The third-order valence-electron chi connectivity index (χ3n) is 3.23. The largest absolute Gasteiger partial charge is 0.456 e. The molecule has 20 heavy (non-hydrogen) atoms. The zero-order chi connectivity index (χ0) is 17.9. The first-order valence-corrected chi connectivity index (χ1v) is 6.87. The van der Waals surface area contributed by atoms with Crippen molar-refractivity contribution in [1.82, 2.24) is 0 Å². The molecule has 0 aliphatic rings. The van der Waals surface area contributed by atoms with Crippen molar-refractivity contribution in [2.75, 3.05) is 0 Å². The van der Waals surface area contributed by atoms with Gasteiger partial charge in [-0.25, -0.2) is 0 Å². The Labute approximate surface area is 132 Å². The molecule has 4 aromatic rings. The Hall–Kier alpha value is -2.06. The standard InChI is InChI=1S/C18H11BrO/c19-13-9-10-16-15(11-13)18-14(7-4-8-17(18)20-16)12-5-2-1-3-6-12/h1-11H/i1D,2D,3D,5D,6D. The summed E-state index contributed by atoms with van der Waals surface area (Å²) in [4.78, 5) is 0. The lowest BCUT2D eigenvalue weighted by molar-refractivity contribution is 0.669. The maximum absolute atomic E-state index is 8.24. The second-order valence-electron chi connectivity index (χ2n) is 4.42. The van der Waals surface area contributed by atoms with Crippen molar-refractivity contribution in [1.29, 1.82) is 0 Å². The van der Waals surface area contributed by atoms with E-state index in [1.165, 1.54) is 0 Å². The van der Waals surface area contributed by atoms with Crippen LogP contribution in [0.4, 0.5) is 0 Å². The predicted molar refractivity (Wildman–Crippen MR) is 86.9 cm³/mol. The minimum Gasteiger partial charge on any atom is -0.456 e. The fraction of sp³-hybridized carbons (Fsp3) is 0. The maximum Gasteiger partial charge on any atom is 0.136 e. The summed E-state index contributed by atoms with van der Waals surface area (Å²) >= 11 is 3.44. The summed E-state index contributed by atoms with van der Waals surface area (Å²) in [5.41, 5.74) is 2.03. The summed E-state index contributed by atoms with van der Waals surface area (Å²) in [6.07, 6.45) is 0. The Morgan fingerprint density at radius 3 is 2.65 bits per heavy atom. The third kappa shape index (κ3) is 1.76. The summed E-state index contributed by atoms with van der Waals surface area (Å²) in [5, 5.41) is 1.56. The normalized spacial score (nSPS) is 14.8. The van der Waals surface area contributed by atoms with Gasteiger partial charge < -0.3 is 4.42 Å². The van der Waals surface area contributed by atoms with Crippen molar-refractivity contribution in [2.24, 2.45) is 0 Å². The van der Waals surface area contributed by atoms with Crippen LogP contribution in [-0.2, 0) is 0 Å². The van der Waals surface area contributed by atoms with E-state index in [1.807, 2.05) is 24.3 Å². The molecule has 4 rings (SSSR count). The third-order valence-corrected chi connectivity index (χ3v) is 3.72. The van der Waals surface area contributed by atoms with Gasteiger partial charge in [-0.05, 0) is 35.4 Å². The van der Waals surface area contributed by atoms with Crippen molar-refractivity contribution in [3.05, 3.63) is 71.1 Å². The Morgan fingerprint density at radius 2 is 1.80 bits per heavy atom. The van der Waals surface area contributed by atoms with Crippen LogP contribution in [0.5, 0.6) is 0 Å². The number of halogens is 1. The molecule has 1 nitrogen and oxygen atoms in total. The van der Waals surface area contributed by atoms with Crippen molar-refractivity contribution in [2.45, 2.75) is 0 Å². The highest BCUT2D eigenvalue weighted by Gasteiger charge is 2.12. The number of rotatable bonds is 1. The highest BCUT2D eigenvalue weighted by atomic mass is 79.9. The van der Waals surface area contributed by atoms with Crippen molar-refractivity contribution < 1.29 is 11.3 Å². The number of hydrogen-bond donors (Lipinski definition) is 0. The zero-order valence-corrected chi connectivity index (χ0v) is 11.8. The smallest absolute Gasteiger partial charge is 0.136 e. The zero-order valence-electron chi connectivity index (χ0n) is 15.3. The Bertz CT molecular complexity index is 1140. The van der Waals surface area contributed by atoms with E-state index in [4.69, 9.17) is 11.3 Å². The lowest BCUT2D eigenvalue weighted by atomic mass is 10.00. The van der Waals surface area contributed by atoms with E-state index in [9.17, 15) is 0 Å². The quantitative estimate of drug-likeness (QED) is 0.417. The second-order valence-corrected chi connectivity index (χ2v) is 5.34. The van der Waals surface area contributed by atoms with E-state index in [1.54, 1.807) is 12.1 Å². The summed E-state index contributed by atoms with van der Waals surface area (Å²) in [6, 6.07) is 9.41. The maximum atomic E-state index is 8.24. The average Bonchev–Trinajstić information content (AvgIpc) is 2.97. The van der Waals surface area contributed by atoms with Gasteiger partial charge in [0.25, 0.3) is 0 Å². The molecule has 0 amide bonds. The molecular formula is C18H11BrO. The number of fused-ring (bicyclic) bond motifs is 3. The van der Waals surface area contributed by atoms with Crippen LogP contribution in [-0.4, -0.2) is 0 Å². The lowest BCUT2D eigenvalue weighted by Crippen LogP contribution is -1.78. The molecule has 0 aliphatic heterocycles. The average molecular weight is 328 g/mol. The molecular weight excluding hydrogens is 312 g/mol. The SMILES string of the molecule is [2H]c1c([2H])c([2H])c(-c2cccc3oc4ccc(Br)cc4c23)c([2H])c1[2H]. The van der Waals surface area contributed by atoms with Crippen molar-refractivity contribution in [3.63, 3.8) is 0 Å².